The standard InChI is InChI=1S/C22H20BrN3O/c23-18-4-3-5-19(14-18)25-15-17-10-8-16(9-11-17)12-13-22(27)26-21-7-2-1-6-20(21)24/h1-14,25H,15,24H2,(H,26,27)/b13-12-. The molecule has 5 heteroatoms. The van der Waals surface area contributed by atoms with Crippen molar-refractivity contribution in [3.05, 3.63) is 94.5 Å². The van der Waals surface area contributed by atoms with Crippen molar-refractivity contribution in [1.29, 1.82) is 0 Å². The average Bonchev–Trinajstić information content (AvgIpc) is 2.67. The third kappa shape index (κ3) is 5.72. The molecule has 0 spiro atoms. The van der Waals surface area contributed by atoms with Crippen molar-refractivity contribution in [2.45, 2.75) is 6.54 Å². The molecule has 0 aliphatic heterocycles. The van der Waals surface area contributed by atoms with Gasteiger partial charge in [0.2, 0.25) is 5.91 Å². The molecule has 27 heavy (non-hydrogen) atoms. The molecule has 0 radical (unpaired) electrons. The fourth-order valence-electron chi connectivity index (χ4n) is 2.51. The first-order valence-electron chi connectivity index (χ1n) is 8.52. The van der Waals surface area contributed by atoms with E-state index in [0.717, 1.165) is 27.8 Å². The predicted octanol–water partition coefficient (Wildman–Crippen LogP) is 5.30. The SMILES string of the molecule is Nc1ccccc1NC(=O)/C=C\c1ccc(CNc2cccc(Br)c2)cc1. The summed E-state index contributed by atoms with van der Waals surface area (Å²) in [6, 6.07) is 23.3. The molecule has 1 amide bonds. The highest BCUT2D eigenvalue weighted by Crippen LogP contribution is 2.18. The highest BCUT2D eigenvalue weighted by atomic mass is 79.9. The second-order valence-corrected chi connectivity index (χ2v) is 6.93. The second-order valence-electron chi connectivity index (χ2n) is 6.02. The number of amides is 1. The van der Waals surface area contributed by atoms with Crippen LogP contribution in [0.5, 0.6) is 0 Å². The van der Waals surface area contributed by atoms with Crippen molar-refractivity contribution in [2.75, 3.05) is 16.4 Å². The lowest BCUT2D eigenvalue weighted by Crippen LogP contribution is -2.09. The van der Waals surface area contributed by atoms with Crippen molar-refractivity contribution in [1.82, 2.24) is 0 Å². The zero-order valence-corrected chi connectivity index (χ0v) is 16.2. The topological polar surface area (TPSA) is 67.1 Å². The van der Waals surface area contributed by atoms with Crippen molar-refractivity contribution >= 4 is 45.0 Å². The first-order chi connectivity index (χ1) is 13.1. The molecular formula is C22H20BrN3O. The van der Waals surface area contributed by atoms with Gasteiger partial charge in [-0.05, 0) is 47.5 Å². The lowest BCUT2D eigenvalue weighted by Gasteiger charge is -2.07. The number of benzene rings is 3. The molecule has 0 aliphatic rings. The quantitative estimate of drug-likeness (QED) is 0.373. The Morgan fingerprint density at radius 2 is 1.78 bits per heavy atom. The Labute approximate surface area is 167 Å². The van der Waals surface area contributed by atoms with E-state index in [0.29, 0.717) is 11.4 Å². The van der Waals surface area contributed by atoms with Crippen LogP contribution in [0.3, 0.4) is 0 Å². The van der Waals surface area contributed by atoms with E-state index in [4.69, 9.17) is 5.73 Å². The summed E-state index contributed by atoms with van der Waals surface area (Å²) in [5.74, 6) is -0.215. The minimum absolute atomic E-state index is 0.215. The molecule has 0 fully saturated rings. The maximum Gasteiger partial charge on any atom is 0.248 e. The van der Waals surface area contributed by atoms with Gasteiger partial charge in [0, 0.05) is 22.8 Å². The summed E-state index contributed by atoms with van der Waals surface area (Å²) in [5, 5.41) is 6.15. The molecule has 0 aromatic heterocycles. The van der Waals surface area contributed by atoms with Gasteiger partial charge in [0.1, 0.15) is 0 Å². The zero-order chi connectivity index (χ0) is 19.1. The van der Waals surface area contributed by atoms with Gasteiger partial charge < -0.3 is 16.4 Å². The monoisotopic (exact) mass is 421 g/mol. The molecule has 0 saturated carbocycles. The van der Waals surface area contributed by atoms with Crippen molar-refractivity contribution < 1.29 is 4.79 Å². The second kappa shape index (κ2) is 9.05. The molecule has 0 saturated heterocycles. The number of carbonyl (C=O) groups is 1. The molecule has 0 heterocycles. The van der Waals surface area contributed by atoms with Crippen molar-refractivity contribution in [3.63, 3.8) is 0 Å². The lowest BCUT2D eigenvalue weighted by atomic mass is 10.1. The molecule has 0 aliphatic carbocycles. The third-order valence-corrected chi connectivity index (χ3v) is 4.44. The third-order valence-electron chi connectivity index (χ3n) is 3.95. The van der Waals surface area contributed by atoms with Crippen LogP contribution in [0.4, 0.5) is 17.1 Å². The fourth-order valence-corrected chi connectivity index (χ4v) is 2.91. The maximum atomic E-state index is 12.0. The van der Waals surface area contributed by atoms with Gasteiger partial charge in [-0.2, -0.15) is 0 Å². The van der Waals surface area contributed by atoms with Gasteiger partial charge >= 0.3 is 0 Å². The Hall–Kier alpha value is -3.05. The summed E-state index contributed by atoms with van der Waals surface area (Å²) in [7, 11) is 0. The van der Waals surface area contributed by atoms with Crippen LogP contribution >= 0.6 is 15.9 Å². The molecular weight excluding hydrogens is 402 g/mol. The summed E-state index contributed by atoms with van der Waals surface area (Å²) in [6.07, 6.45) is 3.28. The first-order valence-corrected chi connectivity index (χ1v) is 9.31. The zero-order valence-electron chi connectivity index (χ0n) is 14.7. The molecule has 3 rings (SSSR count). The number of nitrogens with one attached hydrogen (secondary N) is 2. The van der Waals surface area contributed by atoms with Gasteiger partial charge in [-0.3, -0.25) is 4.79 Å². The summed E-state index contributed by atoms with van der Waals surface area (Å²) in [5.41, 5.74) is 10.2. The van der Waals surface area contributed by atoms with E-state index in [2.05, 4.69) is 26.6 Å². The number of carbonyl (C=O) groups excluding carboxylic acids is 1. The van der Waals surface area contributed by atoms with Gasteiger partial charge in [0.25, 0.3) is 0 Å². The van der Waals surface area contributed by atoms with Gasteiger partial charge in [0.15, 0.2) is 0 Å². The molecule has 0 atom stereocenters. The maximum absolute atomic E-state index is 12.0. The van der Waals surface area contributed by atoms with E-state index in [1.165, 1.54) is 6.08 Å². The van der Waals surface area contributed by atoms with Crippen LogP contribution in [-0.4, -0.2) is 5.91 Å². The Morgan fingerprint density at radius 1 is 1.00 bits per heavy atom. The molecule has 3 aromatic rings. The Balaban J connectivity index is 1.54. The van der Waals surface area contributed by atoms with Gasteiger partial charge in [-0.1, -0.05) is 58.4 Å². The minimum Gasteiger partial charge on any atom is -0.397 e. The Morgan fingerprint density at radius 3 is 2.52 bits per heavy atom. The number of rotatable bonds is 6. The van der Waals surface area contributed by atoms with Crippen LogP contribution in [0.25, 0.3) is 6.08 Å². The molecule has 4 N–H and O–H groups in total. The summed E-state index contributed by atoms with van der Waals surface area (Å²) in [4.78, 5) is 12.0. The summed E-state index contributed by atoms with van der Waals surface area (Å²) in [6.45, 7) is 0.730. The Bertz CT molecular complexity index is 952. The summed E-state index contributed by atoms with van der Waals surface area (Å²) < 4.78 is 1.04. The number of para-hydroxylation sites is 2. The van der Waals surface area contributed by atoms with E-state index in [1.807, 2.05) is 60.7 Å². The fraction of sp³-hybridized carbons (Fsp3) is 0.0455. The van der Waals surface area contributed by atoms with E-state index in [1.54, 1.807) is 18.2 Å². The molecule has 4 nitrogen and oxygen atoms in total. The molecule has 136 valence electrons. The number of halogens is 1. The van der Waals surface area contributed by atoms with E-state index < -0.39 is 0 Å². The Kier molecular flexibility index (Phi) is 6.28. The van der Waals surface area contributed by atoms with Gasteiger partial charge in [0.05, 0.1) is 11.4 Å². The predicted molar refractivity (Wildman–Crippen MR) is 116 cm³/mol. The normalized spacial score (nSPS) is 10.7. The smallest absolute Gasteiger partial charge is 0.248 e. The van der Waals surface area contributed by atoms with Crippen LogP contribution < -0.4 is 16.4 Å². The summed E-state index contributed by atoms with van der Waals surface area (Å²) >= 11 is 3.46. The first kappa shape index (κ1) is 18.7. The highest BCUT2D eigenvalue weighted by molar-refractivity contribution is 9.10. The van der Waals surface area contributed by atoms with Crippen LogP contribution in [0.1, 0.15) is 11.1 Å². The van der Waals surface area contributed by atoms with Crippen molar-refractivity contribution in [3.8, 4) is 0 Å². The number of nitrogen functional groups attached to an aromatic ring is 1. The molecule has 3 aromatic carbocycles. The van der Waals surface area contributed by atoms with Crippen LogP contribution in [0, 0.1) is 0 Å². The lowest BCUT2D eigenvalue weighted by molar-refractivity contribution is -0.111. The van der Waals surface area contributed by atoms with E-state index in [9.17, 15) is 4.79 Å². The van der Waals surface area contributed by atoms with Crippen LogP contribution in [-0.2, 0) is 11.3 Å². The number of anilines is 3. The number of hydrogen-bond donors (Lipinski definition) is 3. The van der Waals surface area contributed by atoms with E-state index in [-0.39, 0.29) is 5.91 Å². The van der Waals surface area contributed by atoms with Crippen molar-refractivity contribution in [2.24, 2.45) is 0 Å². The van der Waals surface area contributed by atoms with Crippen LogP contribution in [0.2, 0.25) is 0 Å². The average molecular weight is 422 g/mol. The highest BCUT2D eigenvalue weighted by Gasteiger charge is 2.01. The number of nitrogens with two attached hydrogens (primary N) is 1. The molecule has 0 unspecified atom stereocenters. The van der Waals surface area contributed by atoms with Gasteiger partial charge in [-0.15, -0.1) is 0 Å². The molecule has 0 bridgehead atoms. The largest absolute Gasteiger partial charge is 0.397 e. The van der Waals surface area contributed by atoms with Gasteiger partial charge in [-0.25, -0.2) is 0 Å². The minimum atomic E-state index is -0.215. The number of hydrogen-bond acceptors (Lipinski definition) is 3. The van der Waals surface area contributed by atoms with E-state index >= 15 is 0 Å². The van der Waals surface area contributed by atoms with Crippen LogP contribution in [0.15, 0.2) is 83.3 Å².